The van der Waals surface area contributed by atoms with Gasteiger partial charge in [0.2, 0.25) is 0 Å². The molecule has 0 aliphatic rings. The van der Waals surface area contributed by atoms with Gasteiger partial charge in [0.1, 0.15) is 5.75 Å². The maximum Gasteiger partial charge on any atom is 0.313 e. The topological polar surface area (TPSA) is 63.6 Å². The van der Waals surface area contributed by atoms with Crippen molar-refractivity contribution in [1.29, 1.82) is 0 Å². The molecule has 0 saturated heterocycles. The minimum absolute atomic E-state index is 0.0960. The van der Waals surface area contributed by atoms with Gasteiger partial charge < -0.3 is 9.84 Å². The lowest BCUT2D eigenvalue weighted by Crippen LogP contribution is -2.00. The van der Waals surface area contributed by atoms with Crippen LogP contribution in [-0.4, -0.2) is 30.2 Å². The molecule has 0 bridgehead atoms. The van der Waals surface area contributed by atoms with Crippen LogP contribution in [0.2, 0.25) is 0 Å². The molecule has 0 atom stereocenters. The molecule has 0 fully saturated rings. The number of hydrogen-bond acceptors (Lipinski definition) is 4. The molecule has 5 heteroatoms. The first-order valence-corrected chi connectivity index (χ1v) is 6.14. The van der Waals surface area contributed by atoms with Crippen molar-refractivity contribution in [3.8, 4) is 5.75 Å². The third-order valence-electron chi connectivity index (χ3n) is 1.70. The summed E-state index contributed by atoms with van der Waals surface area (Å²) in [6, 6.07) is 5.00. The van der Waals surface area contributed by atoms with Crippen LogP contribution in [-0.2, 0) is 4.79 Å². The number of methoxy groups -OCH3 is 1. The zero-order valence-electron chi connectivity index (χ0n) is 10.1. The lowest BCUT2D eigenvalue weighted by molar-refractivity contribution is -0.133. The van der Waals surface area contributed by atoms with E-state index in [1.165, 1.54) is 7.11 Å². The van der Waals surface area contributed by atoms with Gasteiger partial charge in [-0.25, -0.2) is 0 Å². The van der Waals surface area contributed by atoms with Gasteiger partial charge in [0.05, 0.1) is 17.8 Å². The van der Waals surface area contributed by atoms with Gasteiger partial charge in [0, 0.05) is 5.56 Å². The lowest BCUT2D eigenvalue weighted by atomic mass is 10.2. The number of carbonyl (C=O) groups excluding carboxylic acids is 1. The second-order valence-corrected chi connectivity index (χ2v) is 3.66. The molecule has 17 heavy (non-hydrogen) atoms. The molecule has 0 radical (unpaired) electrons. The summed E-state index contributed by atoms with van der Waals surface area (Å²) in [6.07, 6.45) is 0.687. The van der Waals surface area contributed by atoms with Crippen LogP contribution in [0.4, 0.5) is 0 Å². The fourth-order valence-corrected chi connectivity index (χ4v) is 1.92. The fraction of sp³-hybridized carbons (Fsp3) is 0.333. The Labute approximate surface area is 105 Å². The summed E-state index contributed by atoms with van der Waals surface area (Å²) in [6.45, 7) is 4.00. The van der Waals surface area contributed by atoms with Gasteiger partial charge in [0.25, 0.3) is 0 Å². The summed E-state index contributed by atoms with van der Waals surface area (Å²) >= 11 is 1.08. The first-order valence-electron chi connectivity index (χ1n) is 5.15. The summed E-state index contributed by atoms with van der Waals surface area (Å²) in [5.41, 5.74) is 0.445. The van der Waals surface area contributed by atoms with E-state index in [0.29, 0.717) is 22.5 Å². The molecule has 1 N–H and O–H groups in total. The van der Waals surface area contributed by atoms with Crippen LogP contribution in [0.15, 0.2) is 23.1 Å². The maximum atomic E-state index is 10.7. The highest BCUT2D eigenvalue weighted by Crippen LogP contribution is 2.31. The molecule has 0 aromatic heterocycles. The number of carboxylic acid groups (broad SMARTS) is 1. The first-order chi connectivity index (χ1) is 8.19. The summed E-state index contributed by atoms with van der Waals surface area (Å²) < 4.78 is 5.05. The molecule has 0 unspecified atom stereocenters. The van der Waals surface area contributed by atoms with Gasteiger partial charge >= 0.3 is 5.97 Å². The van der Waals surface area contributed by atoms with E-state index in [1.807, 2.05) is 13.8 Å². The third kappa shape index (κ3) is 4.91. The molecule has 1 rings (SSSR count). The van der Waals surface area contributed by atoms with E-state index in [-0.39, 0.29) is 5.75 Å². The van der Waals surface area contributed by atoms with Crippen molar-refractivity contribution < 1.29 is 19.4 Å². The molecule has 0 amide bonds. The van der Waals surface area contributed by atoms with Crippen LogP contribution >= 0.6 is 11.8 Å². The Bertz CT molecular complexity index is 377. The average molecular weight is 256 g/mol. The van der Waals surface area contributed by atoms with Crippen molar-refractivity contribution >= 4 is 24.0 Å². The fourth-order valence-electron chi connectivity index (χ4n) is 1.07. The molecule has 0 saturated carbocycles. The van der Waals surface area contributed by atoms with Gasteiger partial charge in [0.15, 0.2) is 6.29 Å². The van der Waals surface area contributed by atoms with Crippen LogP contribution in [0, 0.1) is 0 Å². The molecular formula is C12H16O4S. The van der Waals surface area contributed by atoms with Crippen molar-refractivity contribution in [2.45, 2.75) is 18.7 Å². The predicted molar refractivity (Wildman–Crippen MR) is 68.1 cm³/mol. The summed E-state index contributed by atoms with van der Waals surface area (Å²) in [4.78, 5) is 21.7. The van der Waals surface area contributed by atoms with Crippen LogP contribution < -0.4 is 4.74 Å². The minimum Gasteiger partial charge on any atom is -0.496 e. The highest BCUT2D eigenvalue weighted by atomic mass is 32.2. The summed E-state index contributed by atoms with van der Waals surface area (Å²) in [7, 11) is 1.48. The average Bonchev–Trinajstić information content (AvgIpc) is 2.38. The number of benzene rings is 1. The molecule has 94 valence electrons. The normalized spacial score (nSPS) is 8.88. The van der Waals surface area contributed by atoms with Crippen LogP contribution in [0.3, 0.4) is 0 Å². The molecule has 4 nitrogen and oxygen atoms in total. The zero-order valence-corrected chi connectivity index (χ0v) is 10.9. The smallest absolute Gasteiger partial charge is 0.313 e. The highest BCUT2D eigenvalue weighted by molar-refractivity contribution is 8.00. The number of aliphatic carboxylic acids is 1. The Morgan fingerprint density at radius 3 is 2.59 bits per heavy atom. The van der Waals surface area contributed by atoms with E-state index in [0.717, 1.165) is 11.8 Å². The van der Waals surface area contributed by atoms with Crippen LogP contribution in [0.25, 0.3) is 0 Å². The second kappa shape index (κ2) is 8.64. The van der Waals surface area contributed by atoms with Crippen LogP contribution in [0.1, 0.15) is 24.2 Å². The summed E-state index contributed by atoms with van der Waals surface area (Å²) in [5, 5.41) is 8.55. The van der Waals surface area contributed by atoms with Gasteiger partial charge in [-0.15, -0.1) is 11.8 Å². The standard InChI is InChI=1S/C10H10O4S.C2H6/c1-14-8-4-2-3-7(5-11)10(8)15-6-9(12)13;1-2/h2-5H,6H2,1H3,(H,12,13);1-2H3. The van der Waals surface area contributed by atoms with Crippen molar-refractivity contribution in [3.63, 3.8) is 0 Å². The maximum absolute atomic E-state index is 10.7. The van der Waals surface area contributed by atoms with E-state index in [2.05, 4.69) is 0 Å². The van der Waals surface area contributed by atoms with Crippen molar-refractivity contribution in [2.24, 2.45) is 0 Å². The van der Waals surface area contributed by atoms with E-state index in [9.17, 15) is 9.59 Å². The number of rotatable bonds is 5. The number of ether oxygens (including phenoxy) is 1. The second-order valence-electron chi connectivity index (χ2n) is 2.68. The molecule has 0 heterocycles. The third-order valence-corrected chi connectivity index (χ3v) is 2.81. The molecule has 0 aliphatic carbocycles. The monoisotopic (exact) mass is 256 g/mol. The molecule has 1 aromatic carbocycles. The van der Waals surface area contributed by atoms with Crippen LogP contribution in [0.5, 0.6) is 5.75 Å². The van der Waals surface area contributed by atoms with Crippen molar-refractivity contribution in [2.75, 3.05) is 12.9 Å². The molecule has 0 spiro atoms. The Kier molecular flexibility index (Phi) is 7.88. The molecular weight excluding hydrogens is 240 g/mol. The Morgan fingerprint density at radius 1 is 1.47 bits per heavy atom. The Morgan fingerprint density at radius 2 is 2.12 bits per heavy atom. The number of carboxylic acids is 1. The van der Waals surface area contributed by atoms with E-state index in [1.54, 1.807) is 18.2 Å². The van der Waals surface area contributed by atoms with Gasteiger partial charge in [-0.3, -0.25) is 9.59 Å². The lowest BCUT2D eigenvalue weighted by Gasteiger charge is -2.08. The highest BCUT2D eigenvalue weighted by Gasteiger charge is 2.10. The molecule has 0 aliphatic heterocycles. The summed E-state index contributed by atoms with van der Waals surface area (Å²) in [5.74, 6) is -0.505. The number of hydrogen-bond donors (Lipinski definition) is 1. The van der Waals surface area contributed by atoms with Crippen molar-refractivity contribution in [1.82, 2.24) is 0 Å². The Hall–Kier alpha value is -1.49. The largest absolute Gasteiger partial charge is 0.496 e. The Balaban J connectivity index is 0.00000121. The van der Waals surface area contributed by atoms with E-state index >= 15 is 0 Å². The zero-order chi connectivity index (χ0) is 13.3. The number of aldehydes is 1. The molecule has 1 aromatic rings. The van der Waals surface area contributed by atoms with E-state index < -0.39 is 5.97 Å². The van der Waals surface area contributed by atoms with Gasteiger partial charge in [-0.05, 0) is 6.07 Å². The SMILES string of the molecule is CC.COc1cccc(C=O)c1SCC(=O)O. The number of thioether (sulfide) groups is 1. The quantitative estimate of drug-likeness (QED) is 0.648. The van der Waals surface area contributed by atoms with Gasteiger partial charge in [-0.1, -0.05) is 26.0 Å². The van der Waals surface area contributed by atoms with E-state index in [4.69, 9.17) is 9.84 Å². The minimum atomic E-state index is -0.928. The number of carbonyl (C=O) groups is 2. The van der Waals surface area contributed by atoms with Crippen molar-refractivity contribution in [3.05, 3.63) is 23.8 Å². The first kappa shape index (κ1) is 15.5. The predicted octanol–water partition coefficient (Wildman–Crippen LogP) is 2.71. The van der Waals surface area contributed by atoms with Gasteiger partial charge in [-0.2, -0.15) is 0 Å².